The van der Waals surface area contributed by atoms with Crippen LogP contribution in [0.5, 0.6) is 0 Å². The Bertz CT molecular complexity index is 410. The van der Waals surface area contributed by atoms with Gasteiger partial charge in [0.25, 0.3) is 0 Å². The summed E-state index contributed by atoms with van der Waals surface area (Å²) in [6.07, 6.45) is 7.79. The summed E-state index contributed by atoms with van der Waals surface area (Å²) in [7, 11) is 1.38. The Morgan fingerprint density at radius 2 is 2.39 bits per heavy atom. The molecule has 0 radical (unpaired) electrons. The number of nitrogens with two attached hydrogens (primary N) is 1. The minimum absolute atomic E-state index is 0.312. The predicted octanol–water partition coefficient (Wildman–Crippen LogP) is 1.28. The van der Waals surface area contributed by atoms with Crippen molar-refractivity contribution in [2.75, 3.05) is 13.7 Å². The van der Waals surface area contributed by atoms with Crippen molar-refractivity contribution < 1.29 is 9.53 Å². The van der Waals surface area contributed by atoms with Crippen molar-refractivity contribution in [3.63, 3.8) is 0 Å². The van der Waals surface area contributed by atoms with Gasteiger partial charge in [0.1, 0.15) is 0 Å². The van der Waals surface area contributed by atoms with Crippen molar-refractivity contribution in [2.24, 2.45) is 5.73 Å². The average Bonchev–Trinajstić information content (AvgIpc) is 2.81. The van der Waals surface area contributed by atoms with Gasteiger partial charge in [-0.05, 0) is 19.4 Å². The molecule has 0 saturated heterocycles. The summed E-state index contributed by atoms with van der Waals surface area (Å²) in [4.78, 5) is 15.9. The Morgan fingerprint density at radius 1 is 1.61 bits per heavy atom. The predicted molar refractivity (Wildman–Crippen MR) is 70.0 cm³/mol. The van der Waals surface area contributed by atoms with Gasteiger partial charge in [0.15, 0.2) is 0 Å². The summed E-state index contributed by atoms with van der Waals surface area (Å²) < 4.78 is 6.77. The molecule has 0 aliphatic carbocycles. The lowest BCUT2D eigenvalue weighted by atomic mass is 10.1. The smallest absolute Gasteiger partial charge is 0.333 e. The van der Waals surface area contributed by atoms with E-state index < -0.39 is 0 Å². The molecule has 0 bridgehead atoms. The van der Waals surface area contributed by atoms with E-state index in [9.17, 15) is 4.79 Å². The van der Waals surface area contributed by atoms with Crippen molar-refractivity contribution in [1.29, 1.82) is 0 Å². The van der Waals surface area contributed by atoms with Crippen LogP contribution in [-0.2, 0) is 22.5 Å². The summed E-state index contributed by atoms with van der Waals surface area (Å²) in [6.45, 7) is 3.57. The number of hydrogen-bond acceptors (Lipinski definition) is 4. The minimum Gasteiger partial charge on any atom is -0.466 e. The fourth-order valence-corrected chi connectivity index (χ4v) is 1.69. The van der Waals surface area contributed by atoms with Gasteiger partial charge in [-0.15, -0.1) is 0 Å². The number of aryl methyl sites for hydroxylation is 1. The molecule has 1 rings (SSSR count). The molecule has 0 spiro atoms. The van der Waals surface area contributed by atoms with Crippen LogP contribution in [0.3, 0.4) is 0 Å². The number of nitrogens with zero attached hydrogens (tertiary/aromatic N) is 2. The number of aromatic nitrogens is 2. The summed E-state index contributed by atoms with van der Waals surface area (Å²) in [5.74, 6) is -0.312. The van der Waals surface area contributed by atoms with Gasteiger partial charge >= 0.3 is 5.97 Å². The third-order valence-electron chi connectivity index (χ3n) is 2.55. The molecule has 18 heavy (non-hydrogen) atoms. The van der Waals surface area contributed by atoms with Gasteiger partial charge in [-0.2, -0.15) is 0 Å². The first-order chi connectivity index (χ1) is 8.71. The van der Waals surface area contributed by atoms with Crippen molar-refractivity contribution in [3.05, 3.63) is 29.9 Å². The molecule has 1 heterocycles. The number of carbonyl (C=O) groups is 1. The number of hydrogen-bond donors (Lipinski definition) is 1. The van der Waals surface area contributed by atoms with Crippen LogP contribution in [-0.4, -0.2) is 29.2 Å². The molecule has 0 fully saturated rings. The highest BCUT2D eigenvalue weighted by molar-refractivity contribution is 5.88. The largest absolute Gasteiger partial charge is 0.466 e. The van der Waals surface area contributed by atoms with E-state index in [-0.39, 0.29) is 5.97 Å². The van der Waals surface area contributed by atoms with Crippen LogP contribution in [0.2, 0.25) is 0 Å². The second-order valence-corrected chi connectivity index (χ2v) is 4.08. The van der Waals surface area contributed by atoms with Gasteiger partial charge in [-0.25, -0.2) is 9.78 Å². The molecule has 0 aliphatic heterocycles. The number of imidazole rings is 1. The highest BCUT2D eigenvalue weighted by atomic mass is 16.5. The zero-order valence-electron chi connectivity index (χ0n) is 11.1. The first-order valence-electron chi connectivity index (χ1n) is 6.19. The van der Waals surface area contributed by atoms with E-state index in [0.717, 1.165) is 18.7 Å². The number of carbonyl (C=O) groups excluding carboxylic acids is 1. The maximum absolute atomic E-state index is 11.6. The second-order valence-electron chi connectivity index (χ2n) is 4.08. The van der Waals surface area contributed by atoms with Crippen molar-refractivity contribution in [1.82, 2.24) is 9.55 Å². The topological polar surface area (TPSA) is 70.1 Å². The quantitative estimate of drug-likeness (QED) is 0.585. The lowest BCUT2D eigenvalue weighted by Crippen LogP contribution is -2.09. The Kier molecular flexibility index (Phi) is 6.14. The third-order valence-corrected chi connectivity index (χ3v) is 2.55. The van der Waals surface area contributed by atoms with Gasteiger partial charge in [-0.1, -0.05) is 13.0 Å². The van der Waals surface area contributed by atoms with Crippen LogP contribution in [0.1, 0.15) is 25.5 Å². The molecule has 0 amide bonds. The lowest BCUT2D eigenvalue weighted by molar-refractivity contribution is -0.136. The summed E-state index contributed by atoms with van der Waals surface area (Å²) in [6, 6.07) is 0. The molecular formula is C13H21N3O2. The van der Waals surface area contributed by atoms with Crippen LogP contribution in [0.4, 0.5) is 0 Å². The fourth-order valence-electron chi connectivity index (χ4n) is 1.69. The molecule has 1 aromatic rings. The first-order valence-corrected chi connectivity index (χ1v) is 6.19. The Balaban J connectivity index is 2.72. The van der Waals surface area contributed by atoms with E-state index in [0.29, 0.717) is 25.0 Å². The molecule has 0 aliphatic rings. The van der Waals surface area contributed by atoms with Crippen LogP contribution in [0, 0.1) is 0 Å². The molecule has 100 valence electrons. The summed E-state index contributed by atoms with van der Waals surface area (Å²) in [5.41, 5.74) is 6.93. The maximum Gasteiger partial charge on any atom is 0.333 e. The lowest BCUT2D eigenvalue weighted by Gasteiger charge is -2.03. The molecule has 0 atom stereocenters. The summed E-state index contributed by atoms with van der Waals surface area (Å²) in [5, 5.41) is 0. The number of ether oxygens (including phenoxy) is 1. The van der Waals surface area contributed by atoms with E-state index in [1.807, 2.05) is 16.8 Å². The van der Waals surface area contributed by atoms with Crippen LogP contribution < -0.4 is 5.73 Å². The van der Waals surface area contributed by atoms with Crippen LogP contribution >= 0.6 is 0 Å². The Labute approximate surface area is 108 Å². The summed E-state index contributed by atoms with van der Waals surface area (Å²) >= 11 is 0. The zero-order chi connectivity index (χ0) is 13.4. The van der Waals surface area contributed by atoms with Crippen LogP contribution in [0.15, 0.2) is 24.2 Å². The number of methoxy groups -OCH3 is 1. The standard InChI is InChI=1S/C13H21N3O2/c1-3-7-16-9-12(15-10-16)8-11(5-4-6-14)13(17)18-2/h5,9-10H,3-4,6-8,14H2,1-2H3/b11-5+. The minimum atomic E-state index is -0.312. The molecule has 5 heteroatoms. The molecule has 0 unspecified atom stereocenters. The first kappa shape index (κ1) is 14.4. The van der Waals surface area contributed by atoms with Gasteiger partial charge in [0, 0.05) is 24.7 Å². The van der Waals surface area contributed by atoms with Gasteiger partial charge in [-0.3, -0.25) is 0 Å². The van der Waals surface area contributed by atoms with E-state index >= 15 is 0 Å². The van der Waals surface area contributed by atoms with Crippen molar-refractivity contribution >= 4 is 5.97 Å². The third kappa shape index (κ3) is 4.33. The highest BCUT2D eigenvalue weighted by Gasteiger charge is 2.11. The van der Waals surface area contributed by atoms with Crippen molar-refractivity contribution in [2.45, 2.75) is 32.7 Å². The highest BCUT2D eigenvalue weighted by Crippen LogP contribution is 2.09. The molecule has 0 aromatic carbocycles. The van der Waals surface area contributed by atoms with Crippen LogP contribution in [0.25, 0.3) is 0 Å². The van der Waals surface area contributed by atoms with Gasteiger partial charge in [0.05, 0.1) is 19.1 Å². The van der Waals surface area contributed by atoms with E-state index in [1.54, 1.807) is 6.33 Å². The molecule has 2 N–H and O–H groups in total. The monoisotopic (exact) mass is 251 g/mol. The Hall–Kier alpha value is -1.62. The Morgan fingerprint density at radius 3 is 3.00 bits per heavy atom. The fraction of sp³-hybridized carbons (Fsp3) is 0.538. The molecular weight excluding hydrogens is 230 g/mol. The zero-order valence-corrected chi connectivity index (χ0v) is 11.1. The number of esters is 1. The van der Waals surface area contributed by atoms with E-state index in [1.165, 1.54) is 7.11 Å². The second kappa shape index (κ2) is 7.66. The molecule has 1 aromatic heterocycles. The normalized spacial score (nSPS) is 11.6. The van der Waals surface area contributed by atoms with Crippen molar-refractivity contribution in [3.8, 4) is 0 Å². The number of rotatable bonds is 7. The maximum atomic E-state index is 11.6. The molecule has 0 saturated carbocycles. The van der Waals surface area contributed by atoms with E-state index in [2.05, 4.69) is 11.9 Å². The molecule has 5 nitrogen and oxygen atoms in total. The SMILES string of the molecule is CCCn1cnc(C/C(=C\CCN)C(=O)OC)c1. The average molecular weight is 251 g/mol. The van der Waals surface area contributed by atoms with E-state index in [4.69, 9.17) is 10.5 Å². The van der Waals surface area contributed by atoms with Gasteiger partial charge < -0.3 is 15.0 Å². The van der Waals surface area contributed by atoms with Gasteiger partial charge in [0.2, 0.25) is 0 Å².